The van der Waals surface area contributed by atoms with Gasteiger partial charge >= 0.3 is 0 Å². The van der Waals surface area contributed by atoms with Crippen LogP contribution in [0.5, 0.6) is 0 Å². The molecule has 0 spiro atoms. The van der Waals surface area contributed by atoms with E-state index in [9.17, 15) is 4.79 Å². The highest BCUT2D eigenvalue weighted by atomic mass is 16.2. The van der Waals surface area contributed by atoms with Gasteiger partial charge in [-0.3, -0.25) is 4.79 Å². The smallest absolute Gasteiger partial charge is 0.219 e. The maximum Gasteiger partial charge on any atom is 0.219 e. The second kappa shape index (κ2) is 4.45. The molecule has 1 aliphatic heterocycles. The Hall–Kier alpha value is -0.570. The molecule has 0 aromatic rings. The predicted octanol–water partition coefficient (Wildman–Crippen LogP) is 0.607. The molecule has 0 unspecified atom stereocenters. The van der Waals surface area contributed by atoms with Gasteiger partial charge in [-0.05, 0) is 19.4 Å². The van der Waals surface area contributed by atoms with Gasteiger partial charge in [-0.2, -0.15) is 0 Å². The van der Waals surface area contributed by atoms with Gasteiger partial charge in [-0.1, -0.05) is 6.92 Å². The molecule has 0 aromatic heterocycles. The average Bonchev–Trinajstić information content (AvgIpc) is 2.48. The number of hydrogen-bond donors (Lipinski definition) is 1. The van der Waals surface area contributed by atoms with Gasteiger partial charge in [0.15, 0.2) is 0 Å². The number of likely N-dealkylation sites (N-methyl/N-ethyl adjacent to an activating group) is 1. The number of likely N-dealkylation sites (tertiary alicyclic amines) is 1. The van der Waals surface area contributed by atoms with Crippen molar-refractivity contribution in [3.05, 3.63) is 0 Å². The highest BCUT2D eigenvalue weighted by Crippen LogP contribution is 2.16. The van der Waals surface area contributed by atoms with Gasteiger partial charge in [0.05, 0.1) is 0 Å². The lowest BCUT2D eigenvalue weighted by Gasteiger charge is -2.23. The summed E-state index contributed by atoms with van der Waals surface area (Å²) >= 11 is 0. The van der Waals surface area contributed by atoms with E-state index in [4.69, 9.17) is 0 Å². The molecule has 3 heteroatoms. The Morgan fingerprint density at radius 2 is 2.42 bits per heavy atom. The largest absolute Gasteiger partial charge is 0.339 e. The van der Waals surface area contributed by atoms with Crippen molar-refractivity contribution in [2.75, 3.05) is 19.6 Å². The van der Waals surface area contributed by atoms with Crippen molar-refractivity contribution in [2.24, 2.45) is 0 Å². The van der Waals surface area contributed by atoms with Crippen molar-refractivity contribution in [1.29, 1.82) is 0 Å². The van der Waals surface area contributed by atoms with Gasteiger partial charge in [-0.25, -0.2) is 0 Å². The molecular weight excluding hydrogens is 152 g/mol. The van der Waals surface area contributed by atoms with E-state index in [1.807, 2.05) is 4.90 Å². The number of hydrogen-bond acceptors (Lipinski definition) is 2. The van der Waals surface area contributed by atoms with Crippen LogP contribution in [0.4, 0.5) is 0 Å². The number of nitrogens with one attached hydrogen (secondary N) is 1. The van der Waals surface area contributed by atoms with E-state index in [2.05, 4.69) is 12.2 Å². The summed E-state index contributed by atoms with van der Waals surface area (Å²) in [5.41, 5.74) is 0. The Morgan fingerprint density at radius 1 is 1.67 bits per heavy atom. The number of carbonyl (C=O) groups is 1. The van der Waals surface area contributed by atoms with Crippen LogP contribution in [0.25, 0.3) is 0 Å². The van der Waals surface area contributed by atoms with E-state index in [0.717, 1.165) is 32.5 Å². The average molecular weight is 170 g/mol. The lowest BCUT2D eigenvalue weighted by molar-refractivity contribution is -0.129. The Balaban J connectivity index is 2.35. The van der Waals surface area contributed by atoms with Gasteiger partial charge < -0.3 is 10.2 Å². The third-order valence-corrected chi connectivity index (χ3v) is 2.41. The lowest BCUT2D eigenvalue weighted by atomic mass is 10.2. The molecule has 0 bridgehead atoms. The standard InChI is InChI=1S/C9H18N2O/c1-3-10-7-9-5-4-6-11(9)8(2)12/h9-10H,3-7H2,1-2H3/t9-/m0/s1. The highest BCUT2D eigenvalue weighted by molar-refractivity contribution is 5.73. The van der Waals surface area contributed by atoms with Crippen molar-refractivity contribution in [3.63, 3.8) is 0 Å². The zero-order valence-electron chi connectivity index (χ0n) is 7.97. The van der Waals surface area contributed by atoms with Crippen molar-refractivity contribution in [2.45, 2.75) is 32.7 Å². The van der Waals surface area contributed by atoms with Crippen molar-refractivity contribution in [1.82, 2.24) is 10.2 Å². The maximum atomic E-state index is 11.1. The Labute approximate surface area is 74.1 Å². The second-order valence-electron chi connectivity index (χ2n) is 3.32. The molecule has 1 amide bonds. The monoisotopic (exact) mass is 170 g/mol. The SMILES string of the molecule is CCNC[C@@H]1CCCN1C(C)=O. The first kappa shape index (κ1) is 9.52. The van der Waals surface area contributed by atoms with Crippen molar-refractivity contribution >= 4 is 5.91 Å². The molecule has 0 saturated carbocycles. The number of amides is 1. The van der Waals surface area contributed by atoms with Crippen LogP contribution in [-0.4, -0.2) is 36.5 Å². The van der Waals surface area contributed by atoms with Crippen LogP contribution in [0.1, 0.15) is 26.7 Å². The summed E-state index contributed by atoms with van der Waals surface area (Å²) in [4.78, 5) is 13.1. The van der Waals surface area contributed by atoms with Crippen LogP contribution in [-0.2, 0) is 4.79 Å². The van der Waals surface area contributed by atoms with Crippen LogP contribution in [0.2, 0.25) is 0 Å². The Bertz CT molecular complexity index is 159. The summed E-state index contributed by atoms with van der Waals surface area (Å²) in [5.74, 6) is 0.218. The summed E-state index contributed by atoms with van der Waals surface area (Å²) < 4.78 is 0. The topological polar surface area (TPSA) is 32.3 Å². The van der Waals surface area contributed by atoms with E-state index in [-0.39, 0.29) is 5.91 Å². The van der Waals surface area contributed by atoms with E-state index in [0.29, 0.717) is 6.04 Å². The summed E-state index contributed by atoms with van der Waals surface area (Å²) in [6.45, 7) is 6.64. The van der Waals surface area contributed by atoms with Gasteiger partial charge in [0, 0.05) is 26.1 Å². The molecular formula is C9H18N2O. The predicted molar refractivity (Wildman–Crippen MR) is 49.0 cm³/mol. The molecule has 1 atom stereocenters. The van der Waals surface area contributed by atoms with Crippen LogP contribution in [0.3, 0.4) is 0 Å². The van der Waals surface area contributed by atoms with E-state index in [1.165, 1.54) is 0 Å². The van der Waals surface area contributed by atoms with Gasteiger partial charge in [0.2, 0.25) is 5.91 Å². The highest BCUT2D eigenvalue weighted by Gasteiger charge is 2.25. The molecule has 70 valence electrons. The van der Waals surface area contributed by atoms with E-state index < -0.39 is 0 Å². The van der Waals surface area contributed by atoms with Crippen LogP contribution < -0.4 is 5.32 Å². The Morgan fingerprint density at radius 3 is 3.00 bits per heavy atom. The van der Waals surface area contributed by atoms with Crippen LogP contribution in [0.15, 0.2) is 0 Å². The number of nitrogens with zero attached hydrogens (tertiary/aromatic N) is 1. The quantitative estimate of drug-likeness (QED) is 0.673. The fraction of sp³-hybridized carbons (Fsp3) is 0.889. The molecule has 0 radical (unpaired) electrons. The molecule has 1 fully saturated rings. The first-order chi connectivity index (χ1) is 5.75. The molecule has 1 rings (SSSR count). The molecule has 12 heavy (non-hydrogen) atoms. The number of rotatable bonds is 3. The molecule has 1 aliphatic rings. The fourth-order valence-corrected chi connectivity index (χ4v) is 1.77. The molecule has 1 heterocycles. The summed E-state index contributed by atoms with van der Waals surface area (Å²) in [5, 5.41) is 3.28. The fourth-order valence-electron chi connectivity index (χ4n) is 1.77. The lowest BCUT2D eigenvalue weighted by Crippen LogP contribution is -2.40. The first-order valence-electron chi connectivity index (χ1n) is 4.73. The second-order valence-corrected chi connectivity index (χ2v) is 3.32. The third-order valence-electron chi connectivity index (χ3n) is 2.41. The molecule has 0 aromatic carbocycles. The van der Waals surface area contributed by atoms with Crippen LogP contribution in [0, 0.1) is 0 Å². The maximum absolute atomic E-state index is 11.1. The zero-order chi connectivity index (χ0) is 8.97. The minimum absolute atomic E-state index is 0.218. The normalized spacial score (nSPS) is 23.2. The summed E-state index contributed by atoms with van der Waals surface area (Å²) in [6, 6.07) is 0.447. The first-order valence-corrected chi connectivity index (χ1v) is 4.73. The van der Waals surface area contributed by atoms with Crippen LogP contribution >= 0.6 is 0 Å². The zero-order valence-corrected chi connectivity index (χ0v) is 7.97. The Kier molecular flexibility index (Phi) is 3.53. The summed E-state index contributed by atoms with van der Waals surface area (Å²) in [6.07, 6.45) is 2.32. The molecule has 0 aliphatic carbocycles. The van der Waals surface area contributed by atoms with Crippen molar-refractivity contribution < 1.29 is 4.79 Å². The van der Waals surface area contributed by atoms with Gasteiger partial charge in [0.25, 0.3) is 0 Å². The third kappa shape index (κ3) is 2.21. The minimum atomic E-state index is 0.218. The summed E-state index contributed by atoms with van der Waals surface area (Å²) in [7, 11) is 0. The van der Waals surface area contributed by atoms with Gasteiger partial charge in [0.1, 0.15) is 0 Å². The molecule has 1 saturated heterocycles. The van der Waals surface area contributed by atoms with E-state index in [1.54, 1.807) is 6.92 Å². The van der Waals surface area contributed by atoms with E-state index >= 15 is 0 Å². The molecule has 3 nitrogen and oxygen atoms in total. The van der Waals surface area contributed by atoms with Crippen molar-refractivity contribution in [3.8, 4) is 0 Å². The van der Waals surface area contributed by atoms with Gasteiger partial charge in [-0.15, -0.1) is 0 Å². The number of carbonyl (C=O) groups excluding carboxylic acids is 1. The molecule has 1 N–H and O–H groups in total. The minimum Gasteiger partial charge on any atom is -0.339 e.